The van der Waals surface area contributed by atoms with Gasteiger partial charge in [-0.1, -0.05) is 29.8 Å². The Hall–Kier alpha value is -0.0900. The van der Waals surface area contributed by atoms with Gasteiger partial charge in [-0.25, -0.2) is 0 Å². The summed E-state index contributed by atoms with van der Waals surface area (Å²) >= 11 is 3.41. The van der Waals surface area contributed by atoms with Crippen LogP contribution in [0.2, 0.25) is 0 Å². The van der Waals surface area contributed by atoms with Crippen LogP contribution in [0.4, 0.5) is 0 Å². The Balaban J connectivity index is 2.35. The number of alkyl halides is 1. The first-order valence-electron chi connectivity index (χ1n) is 5.63. The van der Waals surface area contributed by atoms with Gasteiger partial charge < -0.3 is 10.1 Å². The molecule has 1 rings (SSSR count). The third-order valence-electron chi connectivity index (χ3n) is 2.63. The number of carbonyl (C=O) groups is 1. The highest BCUT2D eigenvalue weighted by atomic mass is 79.9. The zero-order valence-corrected chi connectivity index (χ0v) is 11.0. The van der Waals surface area contributed by atoms with Crippen molar-refractivity contribution in [3.05, 3.63) is 0 Å². The summed E-state index contributed by atoms with van der Waals surface area (Å²) in [5.74, 6) is 0.434. The fourth-order valence-corrected chi connectivity index (χ4v) is 1.76. The molecule has 0 aromatic rings. The van der Waals surface area contributed by atoms with Gasteiger partial charge >= 0.3 is 0 Å². The quantitative estimate of drug-likeness (QED) is 0.803. The minimum absolute atomic E-state index is 0.0818. The molecule has 1 N–H and O–H groups in total. The van der Waals surface area contributed by atoms with Crippen molar-refractivity contribution in [1.82, 2.24) is 5.32 Å². The molecule has 0 radical (unpaired) electrons. The highest BCUT2D eigenvalue weighted by molar-refractivity contribution is 9.10. The summed E-state index contributed by atoms with van der Waals surface area (Å²) in [5, 5.41) is 3.07. The largest absolute Gasteiger partial charge is 0.381 e. The zero-order chi connectivity index (χ0) is 11.3. The van der Waals surface area contributed by atoms with Crippen molar-refractivity contribution in [3.63, 3.8) is 0 Å². The number of hydrogen-bond donors (Lipinski definition) is 1. The smallest absolute Gasteiger partial charge is 0.234 e. The lowest BCUT2D eigenvalue weighted by atomic mass is 10.1. The van der Waals surface area contributed by atoms with Crippen LogP contribution < -0.4 is 5.32 Å². The Labute approximate surface area is 100 Å². The van der Waals surface area contributed by atoms with Crippen molar-refractivity contribution < 1.29 is 9.53 Å². The standard InChI is InChI=1S/C11H20BrNO2/c1-8(2)10(12)11(14)13-9-4-3-6-15-7-5-9/h8-10H,3-7H2,1-2H3,(H,13,14). The second-order valence-electron chi connectivity index (χ2n) is 4.39. The van der Waals surface area contributed by atoms with Crippen LogP contribution in [0.25, 0.3) is 0 Å². The maximum Gasteiger partial charge on any atom is 0.234 e. The van der Waals surface area contributed by atoms with E-state index in [0.717, 1.165) is 32.5 Å². The van der Waals surface area contributed by atoms with Crippen LogP contribution in [0, 0.1) is 5.92 Å². The summed E-state index contributed by atoms with van der Waals surface area (Å²) < 4.78 is 5.35. The molecule has 0 aromatic carbocycles. The van der Waals surface area contributed by atoms with E-state index in [1.807, 2.05) is 13.8 Å². The van der Waals surface area contributed by atoms with Gasteiger partial charge in [-0.2, -0.15) is 0 Å². The van der Waals surface area contributed by atoms with E-state index in [0.29, 0.717) is 12.0 Å². The van der Waals surface area contributed by atoms with Crippen molar-refractivity contribution in [2.75, 3.05) is 13.2 Å². The summed E-state index contributed by atoms with van der Waals surface area (Å²) in [6.07, 6.45) is 3.01. The van der Waals surface area contributed by atoms with Crippen molar-refractivity contribution in [2.24, 2.45) is 5.92 Å². The van der Waals surface area contributed by atoms with Gasteiger partial charge in [0.2, 0.25) is 5.91 Å². The van der Waals surface area contributed by atoms with E-state index in [9.17, 15) is 4.79 Å². The lowest BCUT2D eigenvalue weighted by Crippen LogP contribution is -2.41. The molecule has 1 amide bonds. The molecular weight excluding hydrogens is 258 g/mol. The van der Waals surface area contributed by atoms with Crippen LogP contribution in [0.1, 0.15) is 33.1 Å². The molecule has 1 fully saturated rings. The first kappa shape index (κ1) is 13.0. The van der Waals surface area contributed by atoms with Crippen molar-refractivity contribution in [2.45, 2.75) is 44.0 Å². The molecule has 1 saturated heterocycles. The molecule has 0 saturated carbocycles. The van der Waals surface area contributed by atoms with Crippen LogP contribution in [0.15, 0.2) is 0 Å². The number of halogens is 1. The monoisotopic (exact) mass is 277 g/mol. The van der Waals surface area contributed by atoms with Crippen molar-refractivity contribution >= 4 is 21.8 Å². The Kier molecular flexibility index (Phi) is 5.61. The number of rotatable bonds is 3. The predicted molar refractivity (Wildman–Crippen MR) is 64.2 cm³/mol. The average molecular weight is 278 g/mol. The van der Waals surface area contributed by atoms with Crippen LogP contribution in [0.3, 0.4) is 0 Å². The van der Waals surface area contributed by atoms with Gasteiger partial charge in [0, 0.05) is 19.3 Å². The van der Waals surface area contributed by atoms with E-state index in [1.54, 1.807) is 0 Å². The maximum atomic E-state index is 11.8. The Morgan fingerprint density at radius 1 is 1.40 bits per heavy atom. The molecule has 2 atom stereocenters. The normalized spacial score (nSPS) is 24.7. The Morgan fingerprint density at radius 3 is 2.80 bits per heavy atom. The summed E-state index contributed by atoms with van der Waals surface area (Å²) in [4.78, 5) is 11.7. The third kappa shape index (κ3) is 4.51. The van der Waals surface area contributed by atoms with E-state index < -0.39 is 0 Å². The maximum absolute atomic E-state index is 11.8. The Bertz CT molecular complexity index is 201. The van der Waals surface area contributed by atoms with Gasteiger partial charge in [0.15, 0.2) is 0 Å². The first-order chi connectivity index (χ1) is 7.11. The molecule has 0 aromatic heterocycles. The van der Waals surface area contributed by atoms with Gasteiger partial charge in [0.05, 0.1) is 4.83 Å². The first-order valence-corrected chi connectivity index (χ1v) is 6.55. The van der Waals surface area contributed by atoms with Crippen LogP contribution in [-0.2, 0) is 9.53 Å². The molecule has 1 aliphatic rings. The van der Waals surface area contributed by atoms with Crippen LogP contribution in [0.5, 0.6) is 0 Å². The van der Waals surface area contributed by atoms with Gasteiger partial charge in [-0.05, 0) is 25.2 Å². The summed E-state index contributed by atoms with van der Waals surface area (Å²) in [7, 11) is 0. The fraction of sp³-hybridized carbons (Fsp3) is 0.909. The predicted octanol–water partition coefficient (Wildman–Crippen LogP) is 2.09. The molecule has 0 aliphatic carbocycles. The number of amides is 1. The van der Waals surface area contributed by atoms with Gasteiger partial charge in [0.1, 0.15) is 0 Å². The second kappa shape index (κ2) is 6.48. The molecule has 3 nitrogen and oxygen atoms in total. The molecule has 88 valence electrons. The minimum Gasteiger partial charge on any atom is -0.381 e. The highest BCUT2D eigenvalue weighted by Crippen LogP contribution is 2.14. The molecule has 4 heteroatoms. The fourth-order valence-electron chi connectivity index (χ4n) is 1.63. The van der Waals surface area contributed by atoms with E-state index in [4.69, 9.17) is 4.74 Å². The van der Waals surface area contributed by atoms with Gasteiger partial charge in [-0.15, -0.1) is 0 Å². The van der Waals surface area contributed by atoms with E-state index >= 15 is 0 Å². The number of nitrogens with one attached hydrogen (secondary N) is 1. The molecular formula is C11H20BrNO2. The number of ether oxygens (including phenoxy) is 1. The Morgan fingerprint density at radius 2 is 2.13 bits per heavy atom. The molecule has 0 spiro atoms. The minimum atomic E-state index is -0.0818. The lowest BCUT2D eigenvalue weighted by molar-refractivity contribution is -0.121. The number of carbonyl (C=O) groups excluding carboxylic acids is 1. The topological polar surface area (TPSA) is 38.3 Å². The molecule has 0 bridgehead atoms. The molecule has 1 heterocycles. The van der Waals surface area contributed by atoms with Gasteiger partial charge in [-0.3, -0.25) is 4.79 Å². The van der Waals surface area contributed by atoms with E-state index in [1.165, 1.54) is 0 Å². The van der Waals surface area contributed by atoms with Gasteiger partial charge in [0.25, 0.3) is 0 Å². The molecule has 2 unspecified atom stereocenters. The summed E-state index contributed by atoms with van der Waals surface area (Å²) in [6.45, 7) is 5.66. The highest BCUT2D eigenvalue weighted by Gasteiger charge is 2.22. The lowest BCUT2D eigenvalue weighted by Gasteiger charge is -2.19. The second-order valence-corrected chi connectivity index (χ2v) is 5.38. The SMILES string of the molecule is CC(C)C(Br)C(=O)NC1CCCOCC1. The van der Waals surface area contributed by atoms with Crippen molar-refractivity contribution in [1.29, 1.82) is 0 Å². The third-order valence-corrected chi connectivity index (χ3v) is 4.11. The zero-order valence-electron chi connectivity index (χ0n) is 9.46. The van der Waals surface area contributed by atoms with Crippen LogP contribution in [-0.4, -0.2) is 30.0 Å². The molecule has 15 heavy (non-hydrogen) atoms. The average Bonchev–Trinajstić information content (AvgIpc) is 2.45. The molecule has 1 aliphatic heterocycles. The van der Waals surface area contributed by atoms with E-state index in [-0.39, 0.29) is 10.7 Å². The number of hydrogen-bond acceptors (Lipinski definition) is 2. The van der Waals surface area contributed by atoms with Crippen LogP contribution >= 0.6 is 15.9 Å². The summed E-state index contributed by atoms with van der Waals surface area (Å²) in [6, 6.07) is 0.291. The van der Waals surface area contributed by atoms with Crippen molar-refractivity contribution in [3.8, 4) is 0 Å². The van der Waals surface area contributed by atoms with E-state index in [2.05, 4.69) is 21.2 Å². The summed E-state index contributed by atoms with van der Waals surface area (Å²) in [5.41, 5.74) is 0.